The predicted molar refractivity (Wildman–Crippen MR) is 120 cm³/mol. The van der Waals surface area contributed by atoms with E-state index < -0.39 is 5.91 Å². The first-order valence-corrected chi connectivity index (χ1v) is 9.88. The van der Waals surface area contributed by atoms with Crippen LogP contribution in [0.5, 0.6) is 5.75 Å². The zero-order valence-corrected chi connectivity index (χ0v) is 17.9. The number of nitrogens with one attached hydrogen (secondary N) is 3. The minimum absolute atomic E-state index is 0.00629. The Kier molecular flexibility index (Phi) is 6.79. The standard InChI is InChI=1S/C21H18BrN3O3S/c1-28-18-10-9-15(11-17(18)22)20(27)23-21(29)25-24-19(26)12-14-7-4-6-13-5-2-3-8-16(13)14/h2-11H,12H2,1H3,(H,24,26)(H2,23,25,27,29). The third-order valence-electron chi connectivity index (χ3n) is 4.19. The van der Waals surface area contributed by atoms with Gasteiger partial charge >= 0.3 is 0 Å². The van der Waals surface area contributed by atoms with Crippen LogP contribution in [0.25, 0.3) is 10.8 Å². The molecule has 0 saturated heterocycles. The van der Waals surface area contributed by atoms with Crippen LogP contribution in [0, 0.1) is 0 Å². The first kappa shape index (κ1) is 20.8. The Balaban J connectivity index is 1.54. The number of rotatable bonds is 4. The minimum Gasteiger partial charge on any atom is -0.496 e. The van der Waals surface area contributed by atoms with Crippen LogP contribution in [0.4, 0.5) is 0 Å². The fourth-order valence-corrected chi connectivity index (χ4v) is 3.49. The van der Waals surface area contributed by atoms with E-state index in [2.05, 4.69) is 32.1 Å². The molecule has 0 bridgehead atoms. The van der Waals surface area contributed by atoms with Crippen molar-refractivity contribution in [1.29, 1.82) is 0 Å². The molecule has 0 spiro atoms. The van der Waals surface area contributed by atoms with Gasteiger partial charge in [-0.05, 0) is 62.7 Å². The molecule has 0 aliphatic carbocycles. The van der Waals surface area contributed by atoms with Crippen molar-refractivity contribution in [3.63, 3.8) is 0 Å². The number of methoxy groups -OCH3 is 1. The van der Waals surface area contributed by atoms with Crippen molar-refractivity contribution in [3.8, 4) is 5.75 Å². The Morgan fingerprint density at radius 2 is 1.79 bits per heavy atom. The number of carbonyl (C=O) groups excluding carboxylic acids is 2. The average molecular weight is 472 g/mol. The van der Waals surface area contributed by atoms with Crippen molar-refractivity contribution < 1.29 is 14.3 Å². The molecule has 0 fully saturated rings. The molecule has 0 atom stereocenters. The molecule has 0 aliphatic rings. The lowest BCUT2D eigenvalue weighted by Gasteiger charge is -2.12. The van der Waals surface area contributed by atoms with Gasteiger partial charge in [-0.25, -0.2) is 0 Å². The van der Waals surface area contributed by atoms with E-state index in [1.54, 1.807) is 25.3 Å². The van der Waals surface area contributed by atoms with Gasteiger partial charge in [0.25, 0.3) is 5.91 Å². The van der Waals surface area contributed by atoms with Gasteiger partial charge in [-0.2, -0.15) is 0 Å². The van der Waals surface area contributed by atoms with Gasteiger partial charge in [0.2, 0.25) is 5.91 Å². The van der Waals surface area contributed by atoms with Crippen LogP contribution in [-0.2, 0) is 11.2 Å². The Hall–Kier alpha value is -2.97. The van der Waals surface area contributed by atoms with E-state index in [4.69, 9.17) is 17.0 Å². The van der Waals surface area contributed by atoms with Gasteiger partial charge in [0.15, 0.2) is 5.11 Å². The average Bonchev–Trinajstić information content (AvgIpc) is 2.72. The number of benzene rings is 3. The molecule has 0 radical (unpaired) electrons. The van der Waals surface area contributed by atoms with Crippen LogP contribution in [0.3, 0.4) is 0 Å². The van der Waals surface area contributed by atoms with Crippen molar-refractivity contribution >= 4 is 55.8 Å². The Morgan fingerprint density at radius 3 is 2.55 bits per heavy atom. The molecule has 0 unspecified atom stereocenters. The van der Waals surface area contributed by atoms with Crippen LogP contribution in [-0.4, -0.2) is 24.0 Å². The summed E-state index contributed by atoms with van der Waals surface area (Å²) in [7, 11) is 1.54. The fourth-order valence-electron chi connectivity index (χ4n) is 2.80. The van der Waals surface area contributed by atoms with E-state index in [9.17, 15) is 9.59 Å². The minimum atomic E-state index is -0.408. The first-order valence-electron chi connectivity index (χ1n) is 8.68. The van der Waals surface area contributed by atoms with Crippen molar-refractivity contribution in [3.05, 3.63) is 76.3 Å². The highest BCUT2D eigenvalue weighted by Gasteiger charge is 2.12. The van der Waals surface area contributed by atoms with E-state index in [1.165, 1.54) is 0 Å². The molecular formula is C21H18BrN3O3S. The molecule has 0 heterocycles. The van der Waals surface area contributed by atoms with E-state index in [0.29, 0.717) is 15.8 Å². The zero-order chi connectivity index (χ0) is 20.8. The number of amides is 2. The summed E-state index contributed by atoms with van der Waals surface area (Å²) >= 11 is 8.41. The third-order valence-corrected chi connectivity index (χ3v) is 5.01. The van der Waals surface area contributed by atoms with E-state index in [1.807, 2.05) is 42.5 Å². The lowest BCUT2D eigenvalue weighted by atomic mass is 10.0. The number of halogens is 1. The second-order valence-corrected chi connectivity index (χ2v) is 7.38. The quantitative estimate of drug-likeness (QED) is 0.400. The van der Waals surface area contributed by atoms with Gasteiger partial charge in [-0.1, -0.05) is 42.5 Å². The molecule has 3 aromatic rings. The Morgan fingerprint density at radius 1 is 1.03 bits per heavy atom. The van der Waals surface area contributed by atoms with Crippen molar-refractivity contribution in [1.82, 2.24) is 16.2 Å². The number of fused-ring (bicyclic) bond motifs is 1. The first-order chi connectivity index (χ1) is 14.0. The fraction of sp³-hybridized carbons (Fsp3) is 0.0952. The Bertz CT molecular complexity index is 1080. The second-order valence-electron chi connectivity index (χ2n) is 6.12. The lowest BCUT2D eigenvalue weighted by molar-refractivity contribution is -0.121. The summed E-state index contributed by atoms with van der Waals surface area (Å²) < 4.78 is 5.79. The SMILES string of the molecule is COc1ccc(C(=O)NC(=S)NNC(=O)Cc2cccc3ccccc23)cc1Br. The number of hydrazine groups is 1. The molecule has 0 aromatic heterocycles. The number of hydrogen-bond donors (Lipinski definition) is 3. The summed E-state index contributed by atoms with van der Waals surface area (Å²) in [5, 5.41) is 4.60. The monoisotopic (exact) mass is 471 g/mol. The molecule has 2 amide bonds. The summed E-state index contributed by atoms with van der Waals surface area (Å²) in [5.41, 5.74) is 6.36. The van der Waals surface area contributed by atoms with Gasteiger partial charge in [0.1, 0.15) is 5.75 Å². The Labute approximate surface area is 181 Å². The lowest BCUT2D eigenvalue weighted by Crippen LogP contribution is -2.48. The number of carbonyl (C=O) groups is 2. The van der Waals surface area contributed by atoms with Crippen LogP contribution >= 0.6 is 28.1 Å². The van der Waals surface area contributed by atoms with Crippen molar-refractivity contribution in [2.45, 2.75) is 6.42 Å². The molecule has 6 nitrogen and oxygen atoms in total. The largest absolute Gasteiger partial charge is 0.496 e. The van der Waals surface area contributed by atoms with Gasteiger partial charge < -0.3 is 4.74 Å². The van der Waals surface area contributed by atoms with Gasteiger partial charge in [-0.15, -0.1) is 0 Å². The normalized spacial score (nSPS) is 10.3. The maximum Gasteiger partial charge on any atom is 0.257 e. The number of thiocarbonyl (C=S) groups is 1. The third kappa shape index (κ3) is 5.30. The zero-order valence-electron chi connectivity index (χ0n) is 15.5. The highest BCUT2D eigenvalue weighted by Crippen LogP contribution is 2.25. The van der Waals surface area contributed by atoms with Gasteiger partial charge in [-0.3, -0.25) is 25.8 Å². The van der Waals surface area contributed by atoms with Crippen LogP contribution < -0.4 is 20.9 Å². The van der Waals surface area contributed by atoms with Gasteiger partial charge in [0, 0.05) is 5.56 Å². The summed E-state index contributed by atoms with van der Waals surface area (Å²) in [6.07, 6.45) is 0.177. The molecule has 0 aliphatic heterocycles. The molecule has 3 aromatic carbocycles. The number of hydrogen-bond acceptors (Lipinski definition) is 4. The van der Waals surface area contributed by atoms with Crippen molar-refractivity contribution in [2.24, 2.45) is 0 Å². The highest BCUT2D eigenvalue weighted by atomic mass is 79.9. The molecule has 8 heteroatoms. The number of ether oxygens (including phenoxy) is 1. The molecular weight excluding hydrogens is 454 g/mol. The second kappa shape index (κ2) is 9.49. The molecule has 29 heavy (non-hydrogen) atoms. The maximum absolute atomic E-state index is 12.3. The maximum atomic E-state index is 12.3. The molecule has 148 valence electrons. The van der Waals surface area contributed by atoms with E-state index >= 15 is 0 Å². The summed E-state index contributed by atoms with van der Waals surface area (Å²) in [6.45, 7) is 0. The predicted octanol–water partition coefficient (Wildman–Crippen LogP) is 3.49. The van der Waals surface area contributed by atoms with Crippen LogP contribution in [0.2, 0.25) is 0 Å². The van der Waals surface area contributed by atoms with E-state index in [0.717, 1.165) is 16.3 Å². The van der Waals surface area contributed by atoms with Crippen LogP contribution in [0.15, 0.2) is 65.1 Å². The topological polar surface area (TPSA) is 79.5 Å². The summed E-state index contributed by atoms with van der Waals surface area (Å²) in [6, 6.07) is 18.6. The summed E-state index contributed by atoms with van der Waals surface area (Å²) in [5.74, 6) is -0.0674. The van der Waals surface area contributed by atoms with E-state index in [-0.39, 0.29) is 17.4 Å². The smallest absolute Gasteiger partial charge is 0.257 e. The van der Waals surface area contributed by atoms with Gasteiger partial charge in [0.05, 0.1) is 18.0 Å². The molecule has 0 saturated carbocycles. The van der Waals surface area contributed by atoms with Crippen molar-refractivity contribution in [2.75, 3.05) is 7.11 Å². The van der Waals surface area contributed by atoms with Crippen LogP contribution in [0.1, 0.15) is 15.9 Å². The highest BCUT2D eigenvalue weighted by molar-refractivity contribution is 9.10. The summed E-state index contributed by atoms with van der Waals surface area (Å²) in [4.78, 5) is 24.5. The molecule has 3 rings (SSSR count). The molecule has 3 N–H and O–H groups in total.